The van der Waals surface area contributed by atoms with E-state index in [9.17, 15) is 14.0 Å². The highest BCUT2D eigenvalue weighted by molar-refractivity contribution is 5.98. The van der Waals surface area contributed by atoms with E-state index in [-0.39, 0.29) is 42.7 Å². The van der Waals surface area contributed by atoms with E-state index in [1.54, 1.807) is 0 Å². The van der Waals surface area contributed by atoms with Crippen molar-refractivity contribution in [1.82, 2.24) is 14.7 Å². The maximum atomic E-state index is 14.0. The van der Waals surface area contributed by atoms with Gasteiger partial charge in [0.15, 0.2) is 0 Å². The first kappa shape index (κ1) is 20.1. The van der Waals surface area contributed by atoms with E-state index in [4.69, 9.17) is 11.5 Å². The predicted octanol–water partition coefficient (Wildman–Crippen LogP) is 1.96. The number of aromatic nitrogens is 2. The molecule has 2 heterocycles. The van der Waals surface area contributed by atoms with Gasteiger partial charge in [-0.05, 0) is 36.5 Å². The molecule has 0 spiro atoms. The lowest BCUT2D eigenvalue weighted by Gasteiger charge is -2.24. The number of alkyl halides is 1. The maximum Gasteiger partial charge on any atom is 0.254 e. The number of fused-ring (bicyclic) bond motifs is 1. The normalized spacial score (nSPS) is 23.2. The average Bonchev–Trinajstić information content (AvgIpc) is 3.27. The summed E-state index contributed by atoms with van der Waals surface area (Å²) in [5, 5.41) is 4.64. The van der Waals surface area contributed by atoms with Crippen LogP contribution in [0.2, 0.25) is 0 Å². The molecule has 7 nitrogen and oxygen atoms in total. The molecule has 2 amide bonds. The van der Waals surface area contributed by atoms with Crippen LogP contribution < -0.4 is 11.5 Å². The molecule has 2 aromatic rings. The Kier molecular flexibility index (Phi) is 5.32. The lowest BCUT2D eigenvalue weighted by Crippen LogP contribution is -2.37. The minimum absolute atomic E-state index is 0.0195. The molecule has 2 aliphatic rings. The number of carbonyl (C=O) groups excluding carboxylic acids is 2. The third-order valence-corrected chi connectivity index (χ3v) is 6.20. The standard InChI is InChI=1S/C22H26FN5O2/c1-2-18(29)27-11-16(23)10-17(27)12-28-21(24)19(22(25)30)20(26-28)15-8-7-13-5-3-4-6-14(13)9-15/h2-6,15-17H,1,7-12,24H2,(H2,25,30)/t15-,16+,17-/m0/s1. The highest BCUT2D eigenvalue weighted by Crippen LogP contribution is 2.35. The Hall–Kier alpha value is -3.16. The van der Waals surface area contributed by atoms with E-state index in [0.717, 1.165) is 19.3 Å². The van der Waals surface area contributed by atoms with Crippen molar-refractivity contribution in [3.05, 3.63) is 59.3 Å². The van der Waals surface area contributed by atoms with Gasteiger partial charge in [0.1, 0.15) is 17.6 Å². The molecule has 4 rings (SSSR count). The summed E-state index contributed by atoms with van der Waals surface area (Å²) in [4.78, 5) is 25.7. The second-order valence-electron chi connectivity index (χ2n) is 8.08. The number of halogens is 1. The molecule has 0 bridgehead atoms. The van der Waals surface area contributed by atoms with E-state index in [1.807, 2.05) is 12.1 Å². The summed E-state index contributed by atoms with van der Waals surface area (Å²) >= 11 is 0. The van der Waals surface area contributed by atoms with Crippen LogP contribution in [-0.4, -0.2) is 45.3 Å². The van der Waals surface area contributed by atoms with Crippen LogP contribution in [0.5, 0.6) is 0 Å². The molecule has 3 atom stereocenters. The van der Waals surface area contributed by atoms with Crippen LogP contribution >= 0.6 is 0 Å². The van der Waals surface area contributed by atoms with Crippen molar-refractivity contribution in [3.8, 4) is 0 Å². The van der Waals surface area contributed by atoms with E-state index in [2.05, 4.69) is 23.8 Å². The molecule has 4 N–H and O–H groups in total. The first-order chi connectivity index (χ1) is 14.4. The minimum atomic E-state index is -1.11. The van der Waals surface area contributed by atoms with E-state index in [0.29, 0.717) is 5.69 Å². The van der Waals surface area contributed by atoms with Crippen molar-refractivity contribution in [1.29, 1.82) is 0 Å². The summed E-state index contributed by atoms with van der Waals surface area (Å²) in [5.41, 5.74) is 15.3. The summed E-state index contributed by atoms with van der Waals surface area (Å²) in [5.74, 6) is -0.759. The van der Waals surface area contributed by atoms with Crippen LogP contribution in [0, 0.1) is 0 Å². The third kappa shape index (κ3) is 3.58. The highest BCUT2D eigenvalue weighted by Gasteiger charge is 2.36. The summed E-state index contributed by atoms with van der Waals surface area (Å²) in [6.45, 7) is 3.71. The number of primary amides is 1. The number of rotatable bonds is 5. The largest absolute Gasteiger partial charge is 0.383 e. The molecule has 30 heavy (non-hydrogen) atoms. The lowest BCUT2D eigenvalue weighted by molar-refractivity contribution is -0.127. The smallest absolute Gasteiger partial charge is 0.254 e. The molecule has 1 aromatic heterocycles. The number of nitrogens with zero attached hydrogens (tertiary/aromatic N) is 3. The van der Waals surface area contributed by atoms with Gasteiger partial charge in [-0.25, -0.2) is 9.07 Å². The Morgan fingerprint density at radius 1 is 1.30 bits per heavy atom. The van der Waals surface area contributed by atoms with Crippen molar-refractivity contribution in [3.63, 3.8) is 0 Å². The van der Waals surface area contributed by atoms with Gasteiger partial charge >= 0.3 is 0 Å². The number of carbonyl (C=O) groups is 2. The van der Waals surface area contributed by atoms with Gasteiger partial charge in [-0.2, -0.15) is 5.10 Å². The van der Waals surface area contributed by atoms with Crippen molar-refractivity contribution in [2.45, 2.75) is 50.4 Å². The molecular formula is C22H26FN5O2. The molecule has 0 unspecified atom stereocenters. The first-order valence-electron chi connectivity index (χ1n) is 10.2. The van der Waals surface area contributed by atoms with Crippen LogP contribution in [0.25, 0.3) is 0 Å². The molecular weight excluding hydrogens is 385 g/mol. The third-order valence-electron chi connectivity index (χ3n) is 6.20. The van der Waals surface area contributed by atoms with Gasteiger partial charge in [0.25, 0.3) is 5.91 Å². The maximum absolute atomic E-state index is 14.0. The van der Waals surface area contributed by atoms with Gasteiger partial charge in [-0.3, -0.25) is 9.59 Å². The molecule has 1 aromatic carbocycles. The Morgan fingerprint density at radius 2 is 2.03 bits per heavy atom. The number of nitrogen functional groups attached to an aromatic ring is 1. The van der Waals surface area contributed by atoms with Gasteiger partial charge < -0.3 is 16.4 Å². The van der Waals surface area contributed by atoms with Crippen LogP contribution in [0.15, 0.2) is 36.9 Å². The fraction of sp³-hybridized carbons (Fsp3) is 0.409. The van der Waals surface area contributed by atoms with Crippen LogP contribution in [-0.2, 0) is 24.2 Å². The monoisotopic (exact) mass is 411 g/mol. The van der Waals surface area contributed by atoms with Gasteiger partial charge in [-0.15, -0.1) is 0 Å². The Bertz CT molecular complexity index is 1000. The summed E-state index contributed by atoms with van der Waals surface area (Å²) < 4.78 is 15.5. The number of likely N-dealkylation sites (tertiary alicyclic amines) is 1. The Labute approximate surface area is 174 Å². The second kappa shape index (κ2) is 7.93. The SMILES string of the molecule is C=CC(=O)N1C[C@H](F)C[C@H]1Cn1nc([C@H]2CCc3ccccc3C2)c(C(N)=O)c1N. The zero-order chi connectivity index (χ0) is 21.4. The average molecular weight is 411 g/mol. The van der Waals surface area contributed by atoms with Crippen molar-refractivity contribution < 1.29 is 14.0 Å². The van der Waals surface area contributed by atoms with Crippen molar-refractivity contribution >= 4 is 17.6 Å². The van der Waals surface area contributed by atoms with Gasteiger partial charge in [0, 0.05) is 12.3 Å². The van der Waals surface area contributed by atoms with E-state index < -0.39 is 18.1 Å². The summed E-state index contributed by atoms with van der Waals surface area (Å²) in [6.07, 6.45) is 2.74. The predicted molar refractivity (Wildman–Crippen MR) is 112 cm³/mol. The van der Waals surface area contributed by atoms with Crippen molar-refractivity contribution in [2.75, 3.05) is 12.3 Å². The topological polar surface area (TPSA) is 107 Å². The van der Waals surface area contributed by atoms with E-state index >= 15 is 0 Å². The number of nitrogens with two attached hydrogens (primary N) is 2. The number of amides is 2. The molecule has 1 aliphatic heterocycles. The quantitative estimate of drug-likeness (QED) is 0.734. The van der Waals surface area contributed by atoms with Crippen LogP contribution in [0.3, 0.4) is 0 Å². The first-order valence-corrected chi connectivity index (χ1v) is 10.2. The highest BCUT2D eigenvalue weighted by atomic mass is 19.1. The molecule has 1 saturated heterocycles. The Balaban J connectivity index is 1.64. The van der Waals surface area contributed by atoms with Gasteiger partial charge in [-0.1, -0.05) is 30.8 Å². The molecule has 0 radical (unpaired) electrons. The molecule has 8 heteroatoms. The molecule has 1 aliphatic carbocycles. The van der Waals surface area contributed by atoms with Gasteiger partial charge in [0.2, 0.25) is 5.91 Å². The Morgan fingerprint density at radius 3 is 2.73 bits per heavy atom. The zero-order valence-corrected chi connectivity index (χ0v) is 16.8. The number of benzene rings is 1. The molecule has 158 valence electrons. The second-order valence-corrected chi connectivity index (χ2v) is 8.08. The van der Waals surface area contributed by atoms with Gasteiger partial charge in [0.05, 0.1) is 24.8 Å². The van der Waals surface area contributed by atoms with Crippen LogP contribution in [0.1, 0.15) is 45.9 Å². The molecule has 0 saturated carbocycles. The zero-order valence-electron chi connectivity index (χ0n) is 16.8. The fourth-order valence-corrected chi connectivity index (χ4v) is 4.72. The molecule has 1 fully saturated rings. The fourth-order valence-electron chi connectivity index (χ4n) is 4.72. The number of aryl methyl sites for hydroxylation is 1. The number of hydrogen-bond acceptors (Lipinski definition) is 4. The lowest BCUT2D eigenvalue weighted by atomic mass is 9.81. The number of anilines is 1. The minimum Gasteiger partial charge on any atom is -0.383 e. The number of hydrogen-bond donors (Lipinski definition) is 2. The van der Waals surface area contributed by atoms with Crippen LogP contribution in [0.4, 0.5) is 10.2 Å². The summed E-state index contributed by atoms with van der Waals surface area (Å²) in [7, 11) is 0. The summed E-state index contributed by atoms with van der Waals surface area (Å²) in [6, 6.07) is 7.82. The van der Waals surface area contributed by atoms with Crippen molar-refractivity contribution in [2.24, 2.45) is 5.73 Å². The van der Waals surface area contributed by atoms with E-state index in [1.165, 1.54) is 26.8 Å².